The van der Waals surface area contributed by atoms with E-state index in [0.29, 0.717) is 78.8 Å². The van der Waals surface area contributed by atoms with E-state index in [1.54, 1.807) is 0 Å². The molecule has 9 aliphatic carbocycles. The van der Waals surface area contributed by atoms with E-state index in [9.17, 15) is 5.26 Å². The molecule has 0 amide bonds. The third-order valence-corrected chi connectivity index (χ3v) is 23.8. The minimum atomic E-state index is 0.133. The molecule has 0 aromatic carbocycles. The van der Waals surface area contributed by atoms with Crippen molar-refractivity contribution in [1.29, 1.82) is 5.26 Å². The lowest BCUT2D eigenvalue weighted by Gasteiger charge is -2.63. The minimum absolute atomic E-state index is 0.133. The van der Waals surface area contributed by atoms with Crippen molar-refractivity contribution in [3.05, 3.63) is 0 Å². The van der Waals surface area contributed by atoms with E-state index in [0.717, 1.165) is 65.8 Å². The van der Waals surface area contributed by atoms with Gasteiger partial charge >= 0.3 is 0 Å². The van der Waals surface area contributed by atoms with Crippen LogP contribution in [0.2, 0.25) is 0 Å². The van der Waals surface area contributed by atoms with Crippen LogP contribution in [0.4, 0.5) is 0 Å². The molecule has 354 valence electrons. The van der Waals surface area contributed by atoms with Gasteiger partial charge in [0.15, 0.2) is 0 Å². The highest BCUT2D eigenvalue weighted by Gasteiger charge is 2.66. The van der Waals surface area contributed by atoms with Crippen molar-refractivity contribution in [3.8, 4) is 6.07 Å². The van der Waals surface area contributed by atoms with Crippen molar-refractivity contribution in [2.75, 3.05) is 0 Å². The number of fused-ring (bicyclic) bond motifs is 14. The van der Waals surface area contributed by atoms with E-state index in [-0.39, 0.29) is 5.92 Å². The zero-order valence-electron chi connectivity index (χ0n) is 40.1. The smallest absolute Gasteiger partial charge is 0.0672 e. The molecule has 0 aromatic rings. The fraction of sp³-hybridized carbons (Fsp3) is 0.982. The van der Waals surface area contributed by atoms with E-state index in [1.807, 2.05) is 0 Å². The maximum Gasteiger partial charge on any atom is 0.0672 e. The molecule has 22 unspecified atom stereocenters. The van der Waals surface area contributed by atoms with Gasteiger partial charge in [-0.15, -0.1) is 0 Å². The van der Waals surface area contributed by atoms with Crippen molar-refractivity contribution in [1.82, 2.24) is 20.0 Å². The molecule has 64 heavy (non-hydrogen) atoms. The Balaban J connectivity index is 0.838. The number of nitriles is 1. The summed E-state index contributed by atoms with van der Waals surface area (Å²) in [5.41, 5.74) is 0. The number of likely N-dealkylation sites (tertiary alicyclic amines) is 2. The van der Waals surface area contributed by atoms with Gasteiger partial charge in [0.05, 0.1) is 48.7 Å². The highest BCUT2D eigenvalue weighted by Crippen LogP contribution is 2.62. The predicted molar refractivity (Wildman–Crippen MR) is 252 cm³/mol. The maximum atomic E-state index is 11.7. The molecule has 7 heteroatoms. The van der Waals surface area contributed by atoms with Crippen LogP contribution >= 0.6 is 0 Å². The third-order valence-electron chi connectivity index (χ3n) is 23.8. The number of nitrogens with one attached hydrogen (secondary N) is 1. The number of rotatable bonds is 5. The molecular formula is C57H89N5O2. The minimum Gasteiger partial charge on any atom is -0.374 e. The number of hydrogen-bond donors (Lipinski definition) is 1. The summed E-state index contributed by atoms with van der Waals surface area (Å²) < 4.78 is 14.9. The van der Waals surface area contributed by atoms with Gasteiger partial charge in [-0.3, -0.25) is 20.0 Å². The molecule has 1 N–H and O–H groups in total. The van der Waals surface area contributed by atoms with Crippen LogP contribution in [0.15, 0.2) is 0 Å². The van der Waals surface area contributed by atoms with Crippen molar-refractivity contribution >= 4 is 0 Å². The molecule has 14 fully saturated rings. The Labute approximate surface area is 389 Å². The Morgan fingerprint density at radius 2 is 0.875 bits per heavy atom. The summed E-state index contributed by atoms with van der Waals surface area (Å²) >= 11 is 0. The lowest BCUT2D eigenvalue weighted by Crippen LogP contribution is -2.79. The van der Waals surface area contributed by atoms with Gasteiger partial charge in [-0.05, 0) is 157 Å². The van der Waals surface area contributed by atoms with Crippen molar-refractivity contribution in [2.24, 2.45) is 65.1 Å². The van der Waals surface area contributed by atoms with Crippen LogP contribution in [0.1, 0.15) is 205 Å². The molecule has 14 rings (SSSR count). The standard InChI is InChI=1S/C57H89N5O2/c58-33-35-31-43(57-59-56(34-15-3-1-4-16-34)60(57)36-17-5-2-6-18-36)49(62-45-24-12-8-22-42(45)53-47(62)30-28-40-38-20-10-14-26-51(38)64-55(40)53)32-48(35)61-44-23-11-7-21-41(44)52-46(61)29-27-39-37-19-9-13-25-50(37)63-54(39)52/h34-57,59H,1-32H2. The molecule has 5 saturated heterocycles. The van der Waals surface area contributed by atoms with E-state index < -0.39 is 0 Å². The fourth-order valence-corrected chi connectivity index (χ4v) is 21.7. The number of ether oxygens (including phenoxy) is 2. The second-order valence-electron chi connectivity index (χ2n) is 26.1. The van der Waals surface area contributed by atoms with Crippen molar-refractivity contribution in [3.63, 3.8) is 0 Å². The summed E-state index contributed by atoms with van der Waals surface area (Å²) in [4.78, 5) is 9.78. The Morgan fingerprint density at radius 3 is 1.45 bits per heavy atom. The highest BCUT2D eigenvalue weighted by molar-refractivity contribution is 5.19. The molecule has 22 atom stereocenters. The van der Waals surface area contributed by atoms with Gasteiger partial charge < -0.3 is 9.47 Å². The molecule has 0 radical (unpaired) electrons. The molecule has 0 aromatic heterocycles. The summed E-state index contributed by atoms with van der Waals surface area (Å²) in [5, 5.41) is 16.3. The quantitative estimate of drug-likeness (QED) is 0.295. The Morgan fingerprint density at radius 1 is 0.375 bits per heavy atom. The topological polar surface area (TPSA) is 64.0 Å². The number of hydrogen-bond acceptors (Lipinski definition) is 7. The summed E-state index contributed by atoms with van der Waals surface area (Å²) in [7, 11) is 0. The first-order chi connectivity index (χ1) is 31.7. The van der Waals surface area contributed by atoms with Crippen LogP contribution in [0, 0.1) is 76.4 Å². The van der Waals surface area contributed by atoms with Gasteiger partial charge in [0, 0.05) is 60.0 Å². The van der Waals surface area contributed by atoms with Crippen LogP contribution in [0.25, 0.3) is 0 Å². The van der Waals surface area contributed by atoms with Gasteiger partial charge in [0.2, 0.25) is 0 Å². The van der Waals surface area contributed by atoms with Crippen LogP contribution in [0.5, 0.6) is 0 Å². The highest BCUT2D eigenvalue weighted by atomic mass is 16.5. The zero-order chi connectivity index (χ0) is 42.0. The SMILES string of the molecule is N#CC1CC(C2NC(C3CCCCC3)N2C2CCCCC2)C(N2C3CCCCC3C3C4OC5CCCCC5C4CCC32)CC1N1C2CCCCC2C2C3OC4CCCCC4C3CCC21. The summed E-state index contributed by atoms with van der Waals surface area (Å²) in [6.45, 7) is 0. The largest absolute Gasteiger partial charge is 0.374 e. The lowest BCUT2D eigenvalue weighted by molar-refractivity contribution is -0.159. The van der Waals surface area contributed by atoms with Gasteiger partial charge in [-0.1, -0.05) is 89.9 Å². The van der Waals surface area contributed by atoms with Gasteiger partial charge in [0.25, 0.3) is 0 Å². The monoisotopic (exact) mass is 876 g/mol. The molecular weight excluding hydrogens is 787 g/mol. The van der Waals surface area contributed by atoms with Crippen LogP contribution < -0.4 is 5.32 Å². The molecule has 5 heterocycles. The molecule has 5 aliphatic heterocycles. The second-order valence-corrected chi connectivity index (χ2v) is 26.1. The first-order valence-electron chi connectivity index (χ1n) is 29.5. The average molecular weight is 876 g/mol. The second kappa shape index (κ2) is 17.3. The fourth-order valence-electron chi connectivity index (χ4n) is 21.7. The van der Waals surface area contributed by atoms with Gasteiger partial charge in [-0.25, -0.2) is 0 Å². The maximum absolute atomic E-state index is 11.7. The van der Waals surface area contributed by atoms with Gasteiger partial charge in [-0.2, -0.15) is 5.26 Å². The molecule has 7 nitrogen and oxygen atoms in total. The lowest BCUT2D eigenvalue weighted by atomic mass is 9.65. The van der Waals surface area contributed by atoms with Crippen LogP contribution in [-0.2, 0) is 9.47 Å². The number of nitrogens with zero attached hydrogens (tertiary/aromatic N) is 4. The first-order valence-corrected chi connectivity index (χ1v) is 29.5. The molecule has 14 aliphatic rings. The Kier molecular flexibility index (Phi) is 11.4. The molecule has 0 spiro atoms. The van der Waals surface area contributed by atoms with E-state index in [1.165, 1.54) is 199 Å². The average Bonchev–Trinajstić information content (AvgIpc) is 4.09. The third kappa shape index (κ3) is 6.62. The predicted octanol–water partition coefficient (Wildman–Crippen LogP) is 11.2. The Hall–Kier alpha value is -0.750. The van der Waals surface area contributed by atoms with E-state index in [2.05, 4.69) is 26.1 Å². The molecule has 9 saturated carbocycles. The van der Waals surface area contributed by atoms with Crippen molar-refractivity contribution < 1.29 is 9.47 Å². The van der Waals surface area contributed by atoms with Crippen molar-refractivity contribution in [2.45, 2.75) is 285 Å². The normalized spacial score (nSPS) is 54.5. The first kappa shape index (κ1) is 42.2. The summed E-state index contributed by atoms with van der Waals surface area (Å²) in [6.07, 6.45) is 47.7. The van der Waals surface area contributed by atoms with E-state index in [4.69, 9.17) is 9.47 Å². The van der Waals surface area contributed by atoms with Crippen LogP contribution in [-0.4, -0.2) is 93.7 Å². The molecule has 0 bridgehead atoms. The van der Waals surface area contributed by atoms with Gasteiger partial charge in [0.1, 0.15) is 0 Å². The summed E-state index contributed by atoms with van der Waals surface area (Å²) in [5.74, 6) is 7.81. The Bertz CT molecular complexity index is 1710. The summed E-state index contributed by atoms with van der Waals surface area (Å²) in [6, 6.07) is 7.63. The van der Waals surface area contributed by atoms with Crippen LogP contribution in [0.3, 0.4) is 0 Å². The van der Waals surface area contributed by atoms with E-state index >= 15 is 0 Å². The zero-order valence-corrected chi connectivity index (χ0v) is 40.1.